The predicted molar refractivity (Wildman–Crippen MR) is 64.3 cm³/mol. The van der Waals surface area contributed by atoms with Gasteiger partial charge >= 0.3 is 0 Å². The third-order valence-electron chi connectivity index (χ3n) is 2.90. The molecule has 2 rings (SSSR count). The quantitative estimate of drug-likeness (QED) is 0.672. The molecule has 0 amide bonds. The average Bonchev–Trinajstić information content (AvgIpc) is 2.57. The SMILES string of the molecule is CCc1coc2ccc(C(C)(C)C)cc12. The monoisotopic (exact) mass is 202 g/mol. The maximum Gasteiger partial charge on any atom is 0.134 e. The summed E-state index contributed by atoms with van der Waals surface area (Å²) in [5.41, 5.74) is 3.87. The Labute approximate surface area is 91.1 Å². The normalized spacial score (nSPS) is 12.3. The summed E-state index contributed by atoms with van der Waals surface area (Å²) in [6.07, 6.45) is 2.90. The van der Waals surface area contributed by atoms with Gasteiger partial charge in [0.25, 0.3) is 0 Å². The van der Waals surface area contributed by atoms with Crippen LogP contribution in [0.2, 0.25) is 0 Å². The Bertz CT molecular complexity index is 472. The molecule has 0 spiro atoms. The second-order valence-electron chi connectivity index (χ2n) is 5.08. The van der Waals surface area contributed by atoms with Crippen molar-refractivity contribution in [2.24, 2.45) is 0 Å². The third kappa shape index (κ3) is 1.79. The summed E-state index contributed by atoms with van der Waals surface area (Å²) in [5.74, 6) is 0. The van der Waals surface area contributed by atoms with E-state index in [9.17, 15) is 0 Å². The van der Waals surface area contributed by atoms with Gasteiger partial charge in [0.05, 0.1) is 6.26 Å². The number of benzene rings is 1. The van der Waals surface area contributed by atoms with E-state index in [1.165, 1.54) is 16.5 Å². The van der Waals surface area contributed by atoms with Crippen LogP contribution >= 0.6 is 0 Å². The molecule has 80 valence electrons. The second kappa shape index (κ2) is 3.41. The van der Waals surface area contributed by atoms with E-state index in [0.717, 1.165) is 12.0 Å². The van der Waals surface area contributed by atoms with Crippen LogP contribution < -0.4 is 0 Å². The van der Waals surface area contributed by atoms with Gasteiger partial charge in [0.2, 0.25) is 0 Å². The van der Waals surface area contributed by atoms with Gasteiger partial charge in [-0.2, -0.15) is 0 Å². The number of aryl methyl sites for hydroxylation is 1. The summed E-state index contributed by atoms with van der Waals surface area (Å²) in [6.45, 7) is 8.87. The number of furan rings is 1. The van der Waals surface area contributed by atoms with E-state index in [2.05, 4.69) is 45.9 Å². The highest BCUT2D eigenvalue weighted by Crippen LogP contribution is 2.28. The molecule has 0 aliphatic rings. The molecule has 1 nitrogen and oxygen atoms in total. The molecule has 1 aromatic heterocycles. The van der Waals surface area contributed by atoms with Gasteiger partial charge in [-0.15, -0.1) is 0 Å². The molecular formula is C14H18O. The van der Waals surface area contributed by atoms with Crippen molar-refractivity contribution in [1.29, 1.82) is 0 Å². The van der Waals surface area contributed by atoms with Crippen molar-refractivity contribution in [2.45, 2.75) is 39.5 Å². The lowest BCUT2D eigenvalue weighted by atomic mass is 9.86. The number of hydrogen-bond acceptors (Lipinski definition) is 1. The maximum atomic E-state index is 5.51. The van der Waals surface area contributed by atoms with Gasteiger partial charge < -0.3 is 4.42 Å². The largest absolute Gasteiger partial charge is 0.464 e. The second-order valence-corrected chi connectivity index (χ2v) is 5.08. The first-order valence-corrected chi connectivity index (χ1v) is 5.53. The number of rotatable bonds is 1. The molecule has 2 aromatic rings. The van der Waals surface area contributed by atoms with Crippen LogP contribution in [-0.2, 0) is 11.8 Å². The fourth-order valence-corrected chi connectivity index (χ4v) is 1.82. The molecule has 0 atom stereocenters. The van der Waals surface area contributed by atoms with Crippen LogP contribution in [0.1, 0.15) is 38.8 Å². The lowest BCUT2D eigenvalue weighted by molar-refractivity contribution is 0.589. The van der Waals surface area contributed by atoms with E-state index in [1.54, 1.807) is 0 Å². The van der Waals surface area contributed by atoms with Crippen LogP contribution in [0.4, 0.5) is 0 Å². The zero-order chi connectivity index (χ0) is 11.1. The minimum atomic E-state index is 0.205. The first kappa shape index (κ1) is 10.3. The lowest BCUT2D eigenvalue weighted by Crippen LogP contribution is -2.10. The summed E-state index contributed by atoms with van der Waals surface area (Å²) in [6, 6.07) is 6.50. The molecule has 0 fully saturated rings. The topological polar surface area (TPSA) is 13.1 Å². The Balaban J connectivity index is 2.63. The van der Waals surface area contributed by atoms with Gasteiger partial charge in [-0.25, -0.2) is 0 Å². The van der Waals surface area contributed by atoms with Gasteiger partial charge in [0.15, 0.2) is 0 Å². The molecule has 0 bridgehead atoms. The molecule has 0 N–H and O–H groups in total. The average molecular weight is 202 g/mol. The fourth-order valence-electron chi connectivity index (χ4n) is 1.82. The van der Waals surface area contributed by atoms with Gasteiger partial charge in [-0.1, -0.05) is 33.8 Å². The molecule has 0 radical (unpaired) electrons. The van der Waals surface area contributed by atoms with Crippen LogP contribution in [0.5, 0.6) is 0 Å². The maximum absolute atomic E-state index is 5.51. The Kier molecular flexibility index (Phi) is 2.34. The van der Waals surface area contributed by atoms with E-state index in [4.69, 9.17) is 4.42 Å². The summed E-state index contributed by atoms with van der Waals surface area (Å²) < 4.78 is 5.51. The van der Waals surface area contributed by atoms with E-state index in [0.29, 0.717) is 0 Å². The molecule has 0 saturated carbocycles. The van der Waals surface area contributed by atoms with E-state index in [-0.39, 0.29) is 5.41 Å². The van der Waals surface area contributed by atoms with Crippen LogP contribution in [0, 0.1) is 0 Å². The Hall–Kier alpha value is -1.24. The highest BCUT2D eigenvalue weighted by Gasteiger charge is 2.15. The van der Waals surface area contributed by atoms with Crippen molar-refractivity contribution in [2.75, 3.05) is 0 Å². The number of hydrogen-bond donors (Lipinski definition) is 0. The molecule has 0 unspecified atom stereocenters. The zero-order valence-corrected chi connectivity index (χ0v) is 9.92. The van der Waals surface area contributed by atoms with Crippen molar-refractivity contribution >= 4 is 11.0 Å². The van der Waals surface area contributed by atoms with Crippen molar-refractivity contribution in [1.82, 2.24) is 0 Å². The Morgan fingerprint density at radius 3 is 2.53 bits per heavy atom. The van der Waals surface area contributed by atoms with Crippen LogP contribution in [0.15, 0.2) is 28.9 Å². The van der Waals surface area contributed by atoms with E-state index < -0.39 is 0 Å². The van der Waals surface area contributed by atoms with Crippen LogP contribution in [0.3, 0.4) is 0 Å². The van der Waals surface area contributed by atoms with E-state index in [1.807, 2.05) is 6.26 Å². The van der Waals surface area contributed by atoms with Gasteiger partial charge in [0.1, 0.15) is 5.58 Å². The molecule has 15 heavy (non-hydrogen) atoms. The minimum Gasteiger partial charge on any atom is -0.464 e. The molecule has 1 aromatic carbocycles. The standard InChI is InChI=1S/C14H18O/c1-5-10-9-15-13-7-6-11(8-12(10)13)14(2,3)4/h6-9H,5H2,1-4H3. The Morgan fingerprint density at radius 2 is 1.93 bits per heavy atom. The summed E-state index contributed by atoms with van der Waals surface area (Å²) in [4.78, 5) is 0. The summed E-state index contributed by atoms with van der Waals surface area (Å²) >= 11 is 0. The molecule has 1 heteroatoms. The van der Waals surface area contributed by atoms with Crippen LogP contribution in [-0.4, -0.2) is 0 Å². The highest BCUT2D eigenvalue weighted by molar-refractivity contribution is 5.82. The van der Waals surface area contributed by atoms with Crippen molar-refractivity contribution in [3.8, 4) is 0 Å². The van der Waals surface area contributed by atoms with Gasteiger partial charge in [0, 0.05) is 5.39 Å². The van der Waals surface area contributed by atoms with Crippen molar-refractivity contribution < 1.29 is 4.42 Å². The minimum absolute atomic E-state index is 0.205. The number of fused-ring (bicyclic) bond motifs is 1. The van der Waals surface area contributed by atoms with Crippen molar-refractivity contribution in [3.63, 3.8) is 0 Å². The summed E-state index contributed by atoms with van der Waals surface area (Å²) in [5, 5.41) is 1.27. The third-order valence-corrected chi connectivity index (χ3v) is 2.90. The zero-order valence-electron chi connectivity index (χ0n) is 9.92. The van der Waals surface area contributed by atoms with Crippen LogP contribution in [0.25, 0.3) is 11.0 Å². The highest BCUT2D eigenvalue weighted by atomic mass is 16.3. The molecule has 0 aliphatic heterocycles. The molecular weight excluding hydrogens is 184 g/mol. The molecule has 0 aliphatic carbocycles. The first-order valence-electron chi connectivity index (χ1n) is 5.53. The fraction of sp³-hybridized carbons (Fsp3) is 0.429. The summed E-state index contributed by atoms with van der Waals surface area (Å²) in [7, 11) is 0. The van der Waals surface area contributed by atoms with Gasteiger partial charge in [-0.05, 0) is 35.1 Å². The first-order chi connectivity index (χ1) is 7.02. The lowest BCUT2D eigenvalue weighted by Gasteiger charge is -2.18. The van der Waals surface area contributed by atoms with Crippen molar-refractivity contribution in [3.05, 3.63) is 35.6 Å². The Morgan fingerprint density at radius 1 is 1.20 bits per heavy atom. The van der Waals surface area contributed by atoms with E-state index >= 15 is 0 Å². The molecule has 1 heterocycles. The van der Waals surface area contributed by atoms with Gasteiger partial charge in [-0.3, -0.25) is 0 Å². The smallest absolute Gasteiger partial charge is 0.134 e. The predicted octanol–water partition coefficient (Wildman–Crippen LogP) is 4.29. The molecule has 0 saturated heterocycles.